The highest BCUT2D eigenvalue weighted by Gasteiger charge is 2.14. The number of rotatable bonds is 2. The van der Waals surface area contributed by atoms with E-state index in [4.69, 9.17) is 16.0 Å². The van der Waals surface area contributed by atoms with Crippen LogP contribution in [0.1, 0.15) is 10.4 Å². The van der Waals surface area contributed by atoms with Gasteiger partial charge in [0, 0.05) is 0 Å². The molecule has 0 fully saturated rings. The van der Waals surface area contributed by atoms with Gasteiger partial charge in [-0.3, -0.25) is 10.1 Å². The minimum Gasteiger partial charge on any atom is -0.452 e. The summed E-state index contributed by atoms with van der Waals surface area (Å²) in [5.74, 6) is -0.326. The van der Waals surface area contributed by atoms with Crippen LogP contribution < -0.4 is 5.32 Å². The van der Waals surface area contributed by atoms with Crippen molar-refractivity contribution in [3.05, 3.63) is 47.4 Å². The number of benzene rings is 1. The number of hydrogen-bond acceptors (Lipinski definition) is 4. The molecule has 0 atom stereocenters. The SMILES string of the molecule is O=C(Nc1nc2ccccc2s1)c1ccoc1Cl. The van der Waals surface area contributed by atoms with Crippen molar-refractivity contribution in [1.82, 2.24) is 4.98 Å². The first kappa shape index (κ1) is 11.3. The van der Waals surface area contributed by atoms with Gasteiger partial charge in [0.15, 0.2) is 5.13 Å². The molecule has 0 saturated heterocycles. The smallest absolute Gasteiger partial charge is 0.262 e. The maximum atomic E-state index is 11.9. The first-order chi connectivity index (χ1) is 8.74. The zero-order valence-electron chi connectivity index (χ0n) is 9.01. The van der Waals surface area contributed by atoms with Gasteiger partial charge < -0.3 is 4.42 Å². The molecule has 0 bridgehead atoms. The van der Waals surface area contributed by atoms with Crippen LogP contribution in [-0.2, 0) is 0 Å². The number of fused-ring (bicyclic) bond motifs is 1. The Bertz CT molecular complexity index is 687. The Morgan fingerprint density at radius 1 is 1.33 bits per heavy atom. The number of carbonyl (C=O) groups excluding carboxylic acids is 1. The average molecular weight is 279 g/mol. The second-order valence-electron chi connectivity index (χ2n) is 3.55. The summed E-state index contributed by atoms with van der Waals surface area (Å²) < 4.78 is 5.89. The Kier molecular flexibility index (Phi) is 2.77. The third-order valence-corrected chi connectivity index (χ3v) is 3.62. The number of nitrogens with zero attached hydrogens (tertiary/aromatic N) is 1. The molecule has 6 heteroatoms. The van der Waals surface area contributed by atoms with Crippen molar-refractivity contribution < 1.29 is 9.21 Å². The molecule has 90 valence electrons. The van der Waals surface area contributed by atoms with Crippen molar-refractivity contribution in [1.29, 1.82) is 0 Å². The lowest BCUT2D eigenvalue weighted by molar-refractivity contribution is 0.102. The van der Waals surface area contributed by atoms with Gasteiger partial charge in [0.25, 0.3) is 5.91 Å². The molecule has 0 unspecified atom stereocenters. The number of aromatic nitrogens is 1. The summed E-state index contributed by atoms with van der Waals surface area (Å²) >= 11 is 7.15. The van der Waals surface area contributed by atoms with Gasteiger partial charge in [-0.15, -0.1) is 0 Å². The molecule has 0 spiro atoms. The van der Waals surface area contributed by atoms with Crippen molar-refractivity contribution in [2.45, 2.75) is 0 Å². The van der Waals surface area contributed by atoms with Crippen LogP contribution in [0.3, 0.4) is 0 Å². The molecule has 0 saturated carbocycles. The van der Waals surface area contributed by atoms with E-state index in [-0.39, 0.29) is 11.1 Å². The van der Waals surface area contributed by atoms with Crippen molar-refractivity contribution in [3.8, 4) is 0 Å². The van der Waals surface area contributed by atoms with Gasteiger partial charge in [-0.05, 0) is 29.8 Å². The topological polar surface area (TPSA) is 55.1 Å². The number of amides is 1. The minimum atomic E-state index is -0.326. The summed E-state index contributed by atoms with van der Waals surface area (Å²) in [6, 6.07) is 9.20. The van der Waals surface area contributed by atoms with Crippen LogP contribution >= 0.6 is 22.9 Å². The fourth-order valence-corrected chi connectivity index (χ4v) is 2.61. The van der Waals surface area contributed by atoms with E-state index in [2.05, 4.69) is 10.3 Å². The molecule has 1 N–H and O–H groups in total. The fraction of sp³-hybridized carbons (Fsp3) is 0. The van der Waals surface area contributed by atoms with Crippen LogP contribution in [0.2, 0.25) is 5.22 Å². The predicted molar refractivity (Wildman–Crippen MR) is 71.3 cm³/mol. The lowest BCUT2D eigenvalue weighted by Gasteiger charge is -1.97. The summed E-state index contributed by atoms with van der Waals surface area (Å²) in [5, 5.41) is 3.32. The maximum absolute atomic E-state index is 11.9. The van der Waals surface area contributed by atoms with E-state index >= 15 is 0 Å². The second kappa shape index (κ2) is 4.44. The van der Waals surface area contributed by atoms with Crippen LogP contribution in [0.15, 0.2) is 41.0 Å². The van der Waals surface area contributed by atoms with Crippen LogP contribution in [0.5, 0.6) is 0 Å². The molecule has 3 aromatic rings. The second-order valence-corrected chi connectivity index (χ2v) is 4.92. The number of halogens is 1. The third kappa shape index (κ3) is 1.98. The molecular formula is C12H7ClN2O2S. The van der Waals surface area contributed by atoms with E-state index < -0.39 is 0 Å². The first-order valence-electron chi connectivity index (χ1n) is 5.14. The summed E-state index contributed by atoms with van der Waals surface area (Å²) in [6.45, 7) is 0. The highest BCUT2D eigenvalue weighted by Crippen LogP contribution is 2.26. The molecule has 0 radical (unpaired) electrons. The van der Waals surface area contributed by atoms with Crippen LogP contribution in [0.4, 0.5) is 5.13 Å². The molecule has 0 aliphatic rings. The minimum absolute atomic E-state index is 0.0774. The van der Waals surface area contributed by atoms with E-state index in [1.807, 2.05) is 24.3 Å². The number of nitrogens with one attached hydrogen (secondary N) is 1. The van der Waals surface area contributed by atoms with Gasteiger partial charge in [0.2, 0.25) is 5.22 Å². The number of hydrogen-bond donors (Lipinski definition) is 1. The van der Waals surface area contributed by atoms with Crippen LogP contribution in [0.25, 0.3) is 10.2 Å². The molecule has 1 amide bonds. The Morgan fingerprint density at radius 3 is 2.89 bits per heavy atom. The van der Waals surface area contributed by atoms with Crippen LogP contribution in [0, 0.1) is 0 Å². The predicted octanol–water partition coefficient (Wildman–Crippen LogP) is 3.80. The lowest BCUT2D eigenvalue weighted by atomic mass is 10.3. The maximum Gasteiger partial charge on any atom is 0.262 e. The highest BCUT2D eigenvalue weighted by molar-refractivity contribution is 7.22. The monoisotopic (exact) mass is 278 g/mol. The Hall–Kier alpha value is -1.85. The van der Waals surface area contributed by atoms with Crippen LogP contribution in [-0.4, -0.2) is 10.9 Å². The summed E-state index contributed by atoms with van der Waals surface area (Å²) in [7, 11) is 0. The molecule has 18 heavy (non-hydrogen) atoms. The number of para-hydroxylation sites is 1. The molecule has 0 aliphatic carbocycles. The Balaban J connectivity index is 1.88. The van der Waals surface area contributed by atoms with E-state index in [0.717, 1.165) is 10.2 Å². The van der Waals surface area contributed by atoms with Gasteiger partial charge >= 0.3 is 0 Å². The number of furan rings is 1. The van der Waals surface area contributed by atoms with Crippen molar-refractivity contribution in [2.24, 2.45) is 0 Å². The molecule has 0 aliphatic heterocycles. The molecule has 2 heterocycles. The third-order valence-electron chi connectivity index (χ3n) is 2.38. The normalized spacial score (nSPS) is 10.7. The Morgan fingerprint density at radius 2 is 2.17 bits per heavy atom. The highest BCUT2D eigenvalue weighted by atomic mass is 35.5. The van der Waals surface area contributed by atoms with Gasteiger partial charge in [-0.2, -0.15) is 0 Å². The lowest BCUT2D eigenvalue weighted by Crippen LogP contribution is -2.10. The molecule has 1 aromatic carbocycles. The van der Waals surface area contributed by atoms with Crippen molar-refractivity contribution in [3.63, 3.8) is 0 Å². The largest absolute Gasteiger partial charge is 0.452 e. The number of carbonyl (C=O) groups is 1. The Labute approximate surface area is 111 Å². The van der Waals surface area contributed by atoms with E-state index in [1.54, 1.807) is 0 Å². The zero-order valence-corrected chi connectivity index (χ0v) is 10.6. The quantitative estimate of drug-likeness (QED) is 0.776. The molecular weight excluding hydrogens is 272 g/mol. The number of thiazole rings is 1. The summed E-state index contributed by atoms with van der Waals surface area (Å²) in [6.07, 6.45) is 1.37. The fourth-order valence-electron chi connectivity index (χ4n) is 1.55. The van der Waals surface area contributed by atoms with Crippen molar-refractivity contribution >= 4 is 44.2 Å². The summed E-state index contributed by atoms with van der Waals surface area (Å²) in [5.41, 5.74) is 1.16. The summed E-state index contributed by atoms with van der Waals surface area (Å²) in [4.78, 5) is 16.2. The van der Waals surface area contributed by atoms with E-state index in [0.29, 0.717) is 10.7 Å². The average Bonchev–Trinajstić information content (AvgIpc) is 2.94. The van der Waals surface area contributed by atoms with E-state index in [9.17, 15) is 4.79 Å². The van der Waals surface area contributed by atoms with Gasteiger partial charge in [-0.25, -0.2) is 4.98 Å². The van der Waals surface area contributed by atoms with Gasteiger partial charge in [0.05, 0.1) is 22.0 Å². The van der Waals surface area contributed by atoms with Crippen molar-refractivity contribution in [2.75, 3.05) is 5.32 Å². The zero-order chi connectivity index (χ0) is 12.5. The number of anilines is 1. The van der Waals surface area contributed by atoms with Gasteiger partial charge in [-0.1, -0.05) is 23.5 Å². The first-order valence-corrected chi connectivity index (χ1v) is 6.33. The molecule has 2 aromatic heterocycles. The molecule has 4 nitrogen and oxygen atoms in total. The molecule has 3 rings (SSSR count). The standard InChI is InChI=1S/C12H7ClN2O2S/c13-10-7(5-6-17-10)11(16)15-12-14-8-3-1-2-4-9(8)18-12/h1-6H,(H,14,15,16). The van der Waals surface area contributed by atoms with Gasteiger partial charge in [0.1, 0.15) is 0 Å². The van der Waals surface area contributed by atoms with E-state index in [1.165, 1.54) is 23.7 Å².